The third-order valence-corrected chi connectivity index (χ3v) is 3.46. The minimum absolute atomic E-state index is 0.0770. The maximum atomic E-state index is 13.4. The van der Waals surface area contributed by atoms with Crippen LogP contribution in [-0.2, 0) is 6.54 Å². The molecule has 0 fully saturated rings. The number of hydrogen-bond donors (Lipinski definition) is 1. The van der Waals surface area contributed by atoms with Crippen molar-refractivity contribution in [1.82, 2.24) is 4.57 Å². The van der Waals surface area contributed by atoms with Crippen molar-refractivity contribution in [3.8, 4) is 0 Å². The summed E-state index contributed by atoms with van der Waals surface area (Å²) in [6.45, 7) is 2.74. The summed E-state index contributed by atoms with van der Waals surface area (Å²) in [4.78, 5) is 0. The van der Waals surface area contributed by atoms with Crippen LogP contribution in [0.2, 0.25) is 5.02 Å². The average Bonchev–Trinajstić information content (AvgIpc) is 2.83. The Labute approximate surface area is 118 Å². The van der Waals surface area contributed by atoms with E-state index in [-0.39, 0.29) is 16.9 Å². The van der Waals surface area contributed by atoms with E-state index in [4.69, 9.17) is 17.3 Å². The number of aromatic nitrogens is 1. The highest BCUT2D eigenvalue weighted by atomic mass is 35.5. The quantitative estimate of drug-likeness (QED) is 0.877. The molecule has 2 rings (SSSR count). The molecule has 2 nitrogen and oxygen atoms in total. The zero-order valence-electron chi connectivity index (χ0n) is 10.9. The zero-order valence-corrected chi connectivity index (χ0v) is 11.7. The Morgan fingerprint density at radius 3 is 2.84 bits per heavy atom. The molecule has 0 aliphatic carbocycles. The van der Waals surface area contributed by atoms with Gasteiger partial charge in [0.2, 0.25) is 0 Å². The molecule has 2 aromatic rings. The van der Waals surface area contributed by atoms with E-state index < -0.39 is 0 Å². The molecule has 1 aromatic heterocycles. The van der Waals surface area contributed by atoms with E-state index in [1.165, 1.54) is 6.07 Å². The fourth-order valence-corrected chi connectivity index (χ4v) is 2.22. The Kier molecular flexibility index (Phi) is 4.61. The monoisotopic (exact) mass is 280 g/mol. The SMILES string of the molecule is CCCC(N)c1ccn(Cc2ccc(Cl)c(F)c2)c1. The minimum Gasteiger partial charge on any atom is -0.350 e. The number of halogens is 2. The molecule has 0 bridgehead atoms. The van der Waals surface area contributed by atoms with Crippen LogP contribution in [0, 0.1) is 5.82 Å². The highest BCUT2D eigenvalue weighted by molar-refractivity contribution is 6.30. The van der Waals surface area contributed by atoms with Gasteiger partial charge in [0.25, 0.3) is 0 Å². The lowest BCUT2D eigenvalue weighted by Gasteiger charge is -2.08. The molecule has 102 valence electrons. The maximum absolute atomic E-state index is 13.4. The molecule has 1 heterocycles. The van der Waals surface area contributed by atoms with E-state index >= 15 is 0 Å². The van der Waals surface area contributed by atoms with Gasteiger partial charge in [-0.3, -0.25) is 0 Å². The van der Waals surface area contributed by atoms with Crippen molar-refractivity contribution < 1.29 is 4.39 Å². The molecule has 4 heteroatoms. The van der Waals surface area contributed by atoms with Gasteiger partial charge in [-0.25, -0.2) is 4.39 Å². The highest BCUT2D eigenvalue weighted by Gasteiger charge is 2.07. The van der Waals surface area contributed by atoms with Crippen molar-refractivity contribution in [2.75, 3.05) is 0 Å². The van der Waals surface area contributed by atoms with Gasteiger partial charge in [-0.2, -0.15) is 0 Å². The van der Waals surface area contributed by atoms with Crippen LogP contribution in [0.3, 0.4) is 0 Å². The molecule has 0 aliphatic rings. The standard InChI is InChI=1S/C15H18ClFN2/c1-2-3-15(18)12-6-7-19(10-12)9-11-4-5-13(16)14(17)8-11/h4-8,10,15H,2-3,9,18H2,1H3. The lowest BCUT2D eigenvalue weighted by atomic mass is 10.1. The molecule has 0 radical (unpaired) electrons. The first-order valence-electron chi connectivity index (χ1n) is 6.45. The third-order valence-electron chi connectivity index (χ3n) is 3.15. The van der Waals surface area contributed by atoms with Crippen LogP contribution >= 0.6 is 11.6 Å². The van der Waals surface area contributed by atoms with Crippen LogP contribution < -0.4 is 5.73 Å². The molecule has 2 N–H and O–H groups in total. The van der Waals surface area contributed by atoms with E-state index in [0.29, 0.717) is 6.54 Å². The van der Waals surface area contributed by atoms with Gasteiger partial charge in [0.1, 0.15) is 5.82 Å². The molecular weight excluding hydrogens is 263 g/mol. The van der Waals surface area contributed by atoms with Gasteiger partial charge in [-0.05, 0) is 35.7 Å². The predicted octanol–water partition coefficient (Wildman–Crippen LogP) is 4.13. The Hall–Kier alpha value is -1.32. The molecule has 1 atom stereocenters. The smallest absolute Gasteiger partial charge is 0.142 e. The van der Waals surface area contributed by atoms with E-state index in [2.05, 4.69) is 6.92 Å². The van der Waals surface area contributed by atoms with Crippen LogP contribution in [0.5, 0.6) is 0 Å². The summed E-state index contributed by atoms with van der Waals surface area (Å²) in [5, 5.41) is 0.155. The summed E-state index contributed by atoms with van der Waals surface area (Å²) in [6.07, 6.45) is 6.03. The van der Waals surface area contributed by atoms with Gasteiger partial charge < -0.3 is 10.3 Å². The minimum atomic E-state index is -0.380. The van der Waals surface area contributed by atoms with Crippen LogP contribution in [0.15, 0.2) is 36.7 Å². The van der Waals surface area contributed by atoms with Crippen molar-refractivity contribution in [2.45, 2.75) is 32.4 Å². The Balaban J connectivity index is 2.09. The molecule has 1 unspecified atom stereocenters. The van der Waals surface area contributed by atoms with Gasteiger partial charge in [0.15, 0.2) is 0 Å². The van der Waals surface area contributed by atoms with Crippen molar-refractivity contribution >= 4 is 11.6 Å². The first-order chi connectivity index (χ1) is 9.10. The summed E-state index contributed by atoms with van der Waals surface area (Å²) in [6, 6.07) is 6.98. The Morgan fingerprint density at radius 2 is 2.16 bits per heavy atom. The lowest BCUT2D eigenvalue weighted by molar-refractivity contribution is 0.623. The first-order valence-corrected chi connectivity index (χ1v) is 6.83. The van der Waals surface area contributed by atoms with Crippen LogP contribution in [0.25, 0.3) is 0 Å². The third kappa shape index (κ3) is 3.58. The number of hydrogen-bond acceptors (Lipinski definition) is 1. The van der Waals surface area contributed by atoms with Crippen molar-refractivity contribution in [2.24, 2.45) is 5.73 Å². The fraction of sp³-hybridized carbons (Fsp3) is 0.333. The molecule has 0 saturated carbocycles. The van der Waals surface area contributed by atoms with E-state index in [0.717, 1.165) is 24.0 Å². The molecule has 0 aliphatic heterocycles. The van der Waals surface area contributed by atoms with Crippen molar-refractivity contribution in [3.63, 3.8) is 0 Å². The van der Waals surface area contributed by atoms with Gasteiger partial charge in [0.05, 0.1) is 5.02 Å². The topological polar surface area (TPSA) is 30.9 Å². The summed E-state index contributed by atoms with van der Waals surface area (Å²) >= 11 is 5.67. The number of nitrogens with zero attached hydrogens (tertiary/aromatic N) is 1. The second-order valence-electron chi connectivity index (χ2n) is 4.76. The predicted molar refractivity (Wildman–Crippen MR) is 76.8 cm³/mol. The number of benzene rings is 1. The summed E-state index contributed by atoms with van der Waals surface area (Å²) in [5.41, 5.74) is 8.07. The highest BCUT2D eigenvalue weighted by Crippen LogP contribution is 2.19. The molecule has 0 spiro atoms. The van der Waals surface area contributed by atoms with Gasteiger partial charge in [-0.1, -0.05) is 31.0 Å². The van der Waals surface area contributed by atoms with Gasteiger partial charge in [-0.15, -0.1) is 0 Å². The Bertz CT molecular complexity index is 551. The molecule has 19 heavy (non-hydrogen) atoms. The number of nitrogens with two attached hydrogens (primary N) is 1. The van der Waals surface area contributed by atoms with Crippen molar-refractivity contribution in [3.05, 3.63) is 58.6 Å². The first kappa shape index (κ1) is 14.1. The summed E-state index contributed by atoms with van der Waals surface area (Å²) in [5.74, 6) is -0.380. The second kappa shape index (κ2) is 6.22. The van der Waals surface area contributed by atoms with Crippen LogP contribution in [0.4, 0.5) is 4.39 Å². The van der Waals surface area contributed by atoms with Crippen molar-refractivity contribution in [1.29, 1.82) is 0 Å². The lowest BCUT2D eigenvalue weighted by Crippen LogP contribution is -2.08. The Morgan fingerprint density at radius 1 is 1.37 bits per heavy atom. The average molecular weight is 281 g/mol. The summed E-state index contributed by atoms with van der Waals surface area (Å²) in [7, 11) is 0. The largest absolute Gasteiger partial charge is 0.350 e. The summed E-state index contributed by atoms with van der Waals surface area (Å²) < 4.78 is 15.4. The molecule has 1 aromatic carbocycles. The second-order valence-corrected chi connectivity index (χ2v) is 5.17. The van der Waals surface area contributed by atoms with Gasteiger partial charge in [0, 0.05) is 25.0 Å². The normalized spacial score (nSPS) is 12.6. The molecular formula is C15H18ClFN2. The van der Waals surface area contributed by atoms with Crippen LogP contribution in [-0.4, -0.2) is 4.57 Å². The van der Waals surface area contributed by atoms with E-state index in [1.807, 2.05) is 29.1 Å². The van der Waals surface area contributed by atoms with Crippen LogP contribution in [0.1, 0.15) is 36.9 Å². The maximum Gasteiger partial charge on any atom is 0.142 e. The number of rotatable bonds is 5. The van der Waals surface area contributed by atoms with E-state index in [1.54, 1.807) is 6.07 Å². The molecule has 0 amide bonds. The molecule has 0 saturated heterocycles. The fourth-order valence-electron chi connectivity index (χ4n) is 2.10. The van der Waals surface area contributed by atoms with Gasteiger partial charge >= 0.3 is 0 Å². The zero-order chi connectivity index (χ0) is 13.8. The van der Waals surface area contributed by atoms with E-state index in [9.17, 15) is 4.39 Å².